The first-order valence-corrected chi connectivity index (χ1v) is 9.07. The number of hydrogen-bond acceptors (Lipinski definition) is 7. The number of rotatable bonds is 5. The van der Waals surface area contributed by atoms with Crippen molar-refractivity contribution in [3.8, 4) is 11.3 Å². The van der Waals surface area contributed by atoms with Gasteiger partial charge >= 0.3 is 0 Å². The van der Waals surface area contributed by atoms with Crippen LogP contribution in [0.5, 0.6) is 0 Å². The highest BCUT2D eigenvalue weighted by Crippen LogP contribution is 2.18. The third-order valence-electron chi connectivity index (χ3n) is 3.00. The maximum Gasteiger partial charge on any atom is 0.247 e. The molecule has 1 aromatic carbocycles. The monoisotopic (exact) mass is 364 g/mol. The minimum atomic E-state index is -3.74. The van der Waals surface area contributed by atoms with E-state index >= 15 is 0 Å². The first-order valence-electron chi connectivity index (χ1n) is 6.64. The predicted molar refractivity (Wildman–Crippen MR) is 87.6 cm³/mol. The highest BCUT2D eigenvalue weighted by molar-refractivity contribution is 7.89. The Morgan fingerprint density at radius 3 is 2.67 bits per heavy atom. The van der Waals surface area contributed by atoms with Crippen LogP contribution in [0.1, 0.15) is 0 Å². The molecule has 3 rings (SSSR count). The van der Waals surface area contributed by atoms with Gasteiger partial charge in [-0.25, -0.2) is 23.2 Å². The van der Waals surface area contributed by atoms with E-state index in [9.17, 15) is 13.2 Å². The molecule has 0 aliphatic carbocycles. The Morgan fingerprint density at radius 1 is 1.29 bits per heavy atom. The number of anilines is 1. The van der Waals surface area contributed by atoms with Crippen LogP contribution in [-0.2, 0) is 21.4 Å². The molecule has 0 aliphatic heterocycles. The van der Waals surface area contributed by atoms with E-state index in [0.29, 0.717) is 16.4 Å². The fraction of sp³-hybridized carbons (Fsp3) is 0.0769. The van der Waals surface area contributed by atoms with Crippen molar-refractivity contribution in [2.45, 2.75) is 11.4 Å². The van der Waals surface area contributed by atoms with Gasteiger partial charge in [-0.1, -0.05) is 17.3 Å². The maximum atomic E-state index is 11.9. The first-order chi connectivity index (χ1) is 11.4. The molecule has 0 aliphatic rings. The van der Waals surface area contributed by atoms with Gasteiger partial charge in [-0.2, -0.15) is 0 Å². The Hall–Kier alpha value is -2.63. The molecule has 0 saturated carbocycles. The van der Waals surface area contributed by atoms with Crippen LogP contribution in [0.4, 0.5) is 5.13 Å². The number of nitrogens with zero attached hydrogens (tertiary/aromatic N) is 4. The van der Waals surface area contributed by atoms with Crippen LogP contribution < -0.4 is 10.5 Å². The second kappa shape index (κ2) is 6.47. The smallest absolute Gasteiger partial charge is 0.247 e. The molecular formula is C13H12N6O3S2. The van der Waals surface area contributed by atoms with Crippen molar-refractivity contribution in [3.05, 3.63) is 42.0 Å². The van der Waals surface area contributed by atoms with Gasteiger partial charge in [-0.3, -0.25) is 4.79 Å². The van der Waals surface area contributed by atoms with Crippen LogP contribution in [0.15, 0.2) is 46.9 Å². The summed E-state index contributed by atoms with van der Waals surface area (Å²) >= 11 is 1.32. The summed E-state index contributed by atoms with van der Waals surface area (Å²) in [6.07, 6.45) is 3.19. The van der Waals surface area contributed by atoms with Gasteiger partial charge in [-0.15, -0.1) is 16.4 Å². The van der Waals surface area contributed by atoms with Crippen LogP contribution in [0, 0.1) is 0 Å². The van der Waals surface area contributed by atoms with Gasteiger partial charge in [-0.05, 0) is 12.1 Å². The van der Waals surface area contributed by atoms with Crippen molar-refractivity contribution >= 4 is 32.4 Å². The fourth-order valence-corrected chi connectivity index (χ4v) is 2.97. The van der Waals surface area contributed by atoms with E-state index in [1.165, 1.54) is 28.2 Å². The molecule has 24 heavy (non-hydrogen) atoms. The van der Waals surface area contributed by atoms with E-state index in [0.717, 1.165) is 0 Å². The number of hydrogen-bond donors (Lipinski definition) is 2. The highest BCUT2D eigenvalue weighted by atomic mass is 32.2. The molecule has 0 spiro atoms. The Balaban J connectivity index is 1.70. The zero-order valence-electron chi connectivity index (χ0n) is 12.2. The van der Waals surface area contributed by atoms with E-state index in [4.69, 9.17) is 5.14 Å². The molecule has 3 N–H and O–H groups in total. The lowest BCUT2D eigenvalue weighted by Crippen LogP contribution is -2.18. The van der Waals surface area contributed by atoms with E-state index in [1.54, 1.807) is 29.9 Å². The second-order valence-corrected chi connectivity index (χ2v) is 7.21. The summed E-state index contributed by atoms with van der Waals surface area (Å²) in [4.78, 5) is 15.8. The van der Waals surface area contributed by atoms with E-state index in [2.05, 4.69) is 20.6 Å². The average Bonchev–Trinajstić information content (AvgIpc) is 3.18. The van der Waals surface area contributed by atoms with Crippen LogP contribution in [0.3, 0.4) is 0 Å². The Labute approximate surface area is 141 Å². The van der Waals surface area contributed by atoms with Crippen LogP contribution in [-0.4, -0.2) is 34.3 Å². The Bertz CT molecular complexity index is 948. The van der Waals surface area contributed by atoms with Gasteiger partial charge in [0.2, 0.25) is 15.9 Å². The molecule has 2 heterocycles. The number of amides is 1. The Morgan fingerprint density at radius 2 is 2.04 bits per heavy atom. The average molecular weight is 364 g/mol. The topological polar surface area (TPSA) is 133 Å². The lowest BCUT2D eigenvalue weighted by Gasteiger charge is -2.01. The summed E-state index contributed by atoms with van der Waals surface area (Å²) in [5.74, 6) is -0.272. The summed E-state index contributed by atoms with van der Waals surface area (Å²) in [7, 11) is -3.74. The standard InChI is InChI=1S/C13H12N6O3S2/c14-24(21,22)10-3-1-9(2-4-10)11-7-19(18-17-11)8-12(20)16-13-15-5-6-23-13/h1-7H,8H2,(H2,14,21,22)(H,15,16,20). The number of primary sulfonamides is 1. The summed E-state index contributed by atoms with van der Waals surface area (Å²) < 4.78 is 23.8. The molecule has 0 bridgehead atoms. The van der Waals surface area contributed by atoms with Gasteiger partial charge in [0.25, 0.3) is 0 Å². The molecule has 0 unspecified atom stereocenters. The van der Waals surface area contributed by atoms with Crippen molar-refractivity contribution in [3.63, 3.8) is 0 Å². The van der Waals surface area contributed by atoms with Gasteiger partial charge in [0.15, 0.2) is 5.13 Å². The summed E-state index contributed by atoms with van der Waals surface area (Å²) in [6, 6.07) is 5.92. The number of sulfonamides is 1. The van der Waals surface area contributed by atoms with Gasteiger partial charge in [0, 0.05) is 17.1 Å². The zero-order chi connectivity index (χ0) is 17.2. The minimum absolute atomic E-state index is 0.0121. The molecule has 3 aromatic rings. The van der Waals surface area contributed by atoms with Crippen molar-refractivity contribution in [2.75, 3.05) is 5.32 Å². The molecule has 124 valence electrons. The van der Waals surface area contributed by atoms with E-state index in [1.807, 2.05) is 0 Å². The molecule has 0 atom stereocenters. The molecule has 9 nitrogen and oxygen atoms in total. The summed E-state index contributed by atoms with van der Waals surface area (Å²) in [5.41, 5.74) is 1.17. The van der Waals surface area contributed by atoms with Crippen molar-refractivity contribution in [2.24, 2.45) is 5.14 Å². The van der Waals surface area contributed by atoms with Crippen molar-refractivity contribution in [1.29, 1.82) is 0 Å². The molecule has 0 radical (unpaired) electrons. The van der Waals surface area contributed by atoms with E-state index < -0.39 is 10.0 Å². The number of thiazole rings is 1. The van der Waals surface area contributed by atoms with Crippen molar-refractivity contribution < 1.29 is 13.2 Å². The predicted octanol–water partition coefficient (Wildman–Crippen LogP) is 0.688. The highest BCUT2D eigenvalue weighted by Gasteiger charge is 2.11. The maximum absolute atomic E-state index is 11.9. The normalized spacial score (nSPS) is 11.4. The minimum Gasteiger partial charge on any atom is -0.300 e. The summed E-state index contributed by atoms with van der Waals surface area (Å²) in [5, 5.41) is 17.8. The van der Waals surface area contributed by atoms with Crippen LogP contribution in [0.2, 0.25) is 0 Å². The quantitative estimate of drug-likeness (QED) is 0.684. The molecule has 11 heteroatoms. The van der Waals surface area contributed by atoms with Crippen LogP contribution in [0.25, 0.3) is 11.3 Å². The molecule has 0 saturated heterocycles. The molecular weight excluding hydrogens is 352 g/mol. The number of carbonyl (C=O) groups is 1. The number of nitrogens with two attached hydrogens (primary N) is 1. The lowest BCUT2D eigenvalue weighted by atomic mass is 10.2. The SMILES string of the molecule is NS(=O)(=O)c1ccc(-c2cn(CC(=O)Nc3nccs3)nn2)cc1. The number of benzene rings is 1. The second-order valence-electron chi connectivity index (χ2n) is 4.76. The molecule has 1 amide bonds. The van der Waals surface area contributed by atoms with Gasteiger partial charge in [0.1, 0.15) is 12.2 Å². The third kappa shape index (κ3) is 3.82. The fourth-order valence-electron chi connectivity index (χ4n) is 1.91. The molecule has 2 aromatic heterocycles. The van der Waals surface area contributed by atoms with E-state index in [-0.39, 0.29) is 17.3 Å². The lowest BCUT2D eigenvalue weighted by molar-refractivity contribution is -0.116. The number of nitrogens with one attached hydrogen (secondary N) is 1. The first kappa shape index (κ1) is 16.2. The number of aromatic nitrogens is 4. The van der Waals surface area contributed by atoms with Gasteiger partial charge in [0.05, 0.1) is 11.1 Å². The third-order valence-corrected chi connectivity index (χ3v) is 4.62. The van der Waals surface area contributed by atoms with Crippen molar-refractivity contribution in [1.82, 2.24) is 20.0 Å². The largest absolute Gasteiger partial charge is 0.300 e. The Kier molecular flexibility index (Phi) is 4.38. The summed E-state index contributed by atoms with van der Waals surface area (Å²) in [6.45, 7) is -0.0121. The number of carbonyl (C=O) groups excluding carboxylic acids is 1. The molecule has 0 fully saturated rings. The zero-order valence-corrected chi connectivity index (χ0v) is 13.8. The van der Waals surface area contributed by atoms with Gasteiger partial charge < -0.3 is 5.32 Å². The van der Waals surface area contributed by atoms with Crippen LogP contribution >= 0.6 is 11.3 Å².